The van der Waals surface area contributed by atoms with E-state index in [0.717, 1.165) is 11.1 Å². The minimum atomic E-state index is -1.33. The Kier molecular flexibility index (Phi) is 5.79. The zero-order chi connectivity index (χ0) is 25.4. The van der Waals surface area contributed by atoms with E-state index in [1.54, 1.807) is 4.52 Å². The zero-order valence-electron chi connectivity index (χ0n) is 18.8. The topological polar surface area (TPSA) is 134 Å². The Labute approximate surface area is 208 Å². The summed E-state index contributed by atoms with van der Waals surface area (Å²) in [6, 6.07) is 22.5. The number of aromatic nitrogens is 3. The predicted molar refractivity (Wildman–Crippen MR) is 135 cm³/mol. The van der Waals surface area contributed by atoms with Crippen LogP contribution in [0.2, 0.25) is 0 Å². The van der Waals surface area contributed by atoms with E-state index in [4.69, 9.17) is 0 Å². The van der Waals surface area contributed by atoms with Gasteiger partial charge in [-0.25, -0.2) is 19.1 Å². The Bertz CT molecular complexity index is 1640. The third-order valence-electron chi connectivity index (χ3n) is 5.58. The van der Waals surface area contributed by atoms with Crippen LogP contribution in [-0.2, 0) is 0 Å². The van der Waals surface area contributed by atoms with Crippen molar-refractivity contribution in [3.8, 4) is 22.5 Å². The molecule has 0 aliphatic heterocycles. The quantitative estimate of drug-likeness (QED) is 0.297. The number of carbonyl (C=O) groups excluding carboxylic acids is 1. The standard InChI is InChI=1S/C26H18N4O5S/c1-14-21(25(32)33)24(36-22(14)26(34)35)28-23(31)18-13-20-27-17(15-8-4-2-5-9-15)12-19(30(20)29-18)16-10-6-3-7-11-16/h2-13H,1H3,(H,28,31)(H,32,33)(H,34,35). The van der Waals surface area contributed by atoms with Crippen LogP contribution >= 0.6 is 11.3 Å². The molecule has 0 aliphatic rings. The van der Waals surface area contributed by atoms with Crippen molar-refractivity contribution in [2.45, 2.75) is 6.92 Å². The summed E-state index contributed by atoms with van der Waals surface area (Å²) in [4.78, 5) is 40.9. The van der Waals surface area contributed by atoms with Crippen LogP contribution in [0.25, 0.3) is 28.2 Å². The molecule has 0 aliphatic carbocycles. The van der Waals surface area contributed by atoms with Crippen molar-refractivity contribution in [2.75, 3.05) is 5.32 Å². The maximum atomic E-state index is 13.1. The maximum Gasteiger partial charge on any atom is 0.346 e. The molecule has 0 atom stereocenters. The molecule has 0 radical (unpaired) electrons. The summed E-state index contributed by atoms with van der Waals surface area (Å²) in [6.07, 6.45) is 0. The number of hydrogen-bond donors (Lipinski definition) is 3. The second-order valence-corrected chi connectivity index (χ2v) is 8.90. The first-order valence-electron chi connectivity index (χ1n) is 10.8. The summed E-state index contributed by atoms with van der Waals surface area (Å²) in [7, 11) is 0. The summed E-state index contributed by atoms with van der Waals surface area (Å²) in [6.45, 7) is 1.39. The highest BCUT2D eigenvalue weighted by atomic mass is 32.1. The van der Waals surface area contributed by atoms with Crippen molar-refractivity contribution in [3.05, 3.63) is 94.5 Å². The fourth-order valence-corrected chi connectivity index (χ4v) is 4.92. The lowest BCUT2D eigenvalue weighted by Crippen LogP contribution is -2.14. The molecular formula is C26H18N4O5S. The van der Waals surface area contributed by atoms with E-state index in [1.165, 1.54) is 13.0 Å². The number of aromatic carboxylic acids is 2. The number of benzene rings is 2. The lowest BCUT2D eigenvalue weighted by atomic mass is 10.1. The van der Waals surface area contributed by atoms with Crippen LogP contribution in [-0.4, -0.2) is 42.7 Å². The second-order valence-electron chi connectivity index (χ2n) is 7.88. The van der Waals surface area contributed by atoms with Crippen LogP contribution < -0.4 is 5.32 Å². The highest BCUT2D eigenvalue weighted by Gasteiger charge is 2.26. The zero-order valence-corrected chi connectivity index (χ0v) is 19.6. The monoisotopic (exact) mass is 498 g/mol. The first-order valence-corrected chi connectivity index (χ1v) is 11.6. The van der Waals surface area contributed by atoms with Crippen molar-refractivity contribution in [1.29, 1.82) is 0 Å². The average molecular weight is 499 g/mol. The molecule has 0 bridgehead atoms. The summed E-state index contributed by atoms with van der Waals surface area (Å²) >= 11 is 0.690. The van der Waals surface area contributed by atoms with Gasteiger partial charge in [-0.05, 0) is 18.6 Å². The molecule has 0 saturated carbocycles. The molecule has 0 unspecified atom stereocenters. The van der Waals surface area contributed by atoms with Crippen molar-refractivity contribution < 1.29 is 24.6 Å². The molecule has 3 heterocycles. The van der Waals surface area contributed by atoms with Gasteiger partial charge >= 0.3 is 11.9 Å². The van der Waals surface area contributed by atoms with Gasteiger partial charge in [-0.15, -0.1) is 11.3 Å². The molecule has 3 aromatic heterocycles. The summed E-state index contributed by atoms with van der Waals surface area (Å²) < 4.78 is 1.55. The van der Waals surface area contributed by atoms with Gasteiger partial charge in [0.2, 0.25) is 0 Å². The number of carbonyl (C=O) groups is 3. The smallest absolute Gasteiger partial charge is 0.346 e. The minimum absolute atomic E-state index is 0.00385. The van der Waals surface area contributed by atoms with Gasteiger partial charge in [0, 0.05) is 17.2 Å². The van der Waals surface area contributed by atoms with Gasteiger partial charge in [0.15, 0.2) is 11.3 Å². The number of hydrogen-bond acceptors (Lipinski definition) is 6. The van der Waals surface area contributed by atoms with Crippen LogP contribution in [0.4, 0.5) is 5.00 Å². The van der Waals surface area contributed by atoms with Crippen molar-refractivity contribution >= 4 is 39.8 Å². The number of nitrogens with zero attached hydrogens (tertiary/aromatic N) is 3. The number of rotatable bonds is 6. The largest absolute Gasteiger partial charge is 0.478 e. The first-order chi connectivity index (χ1) is 17.3. The van der Waals surface area contributed by atoms with E-state index < -0.39 is 17.8 Å². The molecule has 10 heteroatoms. The molecule has 5 rings (SSSR count). The van der Waals surface area contributed by atoms with Gasteiger partial charge in [0.05, 0.1) is 17.0 Å². The number of amides is 1. The lowest BCUT2D eigenvalue weighted by Gasteiger charge is -2.08. The Morgan fingerprint density at radius 3 is 2.14 bits per heavy atom. The highest BCUT2D eigenvalue weighted by Crippen LogP contribution is 2.34. The van der Waals surface area contributed by atoms with E-state index >= 15 is 0 Å². The molecule has 9 nitrogen and oxygen atoms in total. The van der Waals surface area contributed by atoms with Crippen molar-refractivity contribution in [2.24, 2.45) is 0 Å². The molecule has 2 aromatic carbocycles. The van der Waals surface area contributed by atoms with Gasteiger partial charge < -0.3 is 15.5 Å². The molecule has 0 saturated heterocycles. The third kappa shape index (κ3) is 4.10. The summed E-state index contributed by atoms with van der Waals surface area (Å²) in [5.41, 5.74) is 3.41. The van der Waals surface area contributed by atoms with Crippen molar-refractivity contribution in [1.82, 2.24) is 14.6 Å². The Morgan fingerprint density at radius 1 is 0.889 bits per heavy atom. The first kappa shape index (κ1) is 22.9. The Morgan fingerprint density at radius 2 is 1.53 bits per heavy atom. The maximum absolute atomic E-state index is 13.1. The fourth-order valence-electron chi connectivity index (χ4n) is 3.89. The number of carboxylic acid groups (broad SMARTS) is 2. The van der Waals surface area contributed by atoms with E-state index in [-0.39, 0.29) is 26.7 Å². The third-order valence-corrected chi connectivity index (χ3v) is 6.78. The van der Waals surface area contributed by atoms with Gasteiger partial charge in [-0.3, -0.25) is 4.79 Å². The lowest BCUT2D eigenvalue weighted by molar-refractivity contribution is 0.0696. The average Bonchev–Trinajstić information content (AvgIpc) is 3.45. The number of fused-ring (bicyclic) bond motifs is 1. The molecule has 36 heavy (non-hydrogen) atoms. The molecule has 1 amide bonds. The fraction of sp³-hybridized carbons (Fsp3) is 0.0385. The molecule has 178 valence electrons. The molecule has 3 N–H and O–H groups in total. The van der Waals surface area contributed by atoms with E-state index in [2.05, 4.69) is 15.4 Å². The van der Waals surface area contributed by atoms with Gasteiger partial charge in [0.25, 0.3) is 5.91 Å². The van der Waals surface area contributed by atoms with Crippen LogP contribution in [0.1, 0.15) is 36.1 Å². The molecule has 5 aromatic rings. The minimum Gasteiger partial charge on any atom is -0.478 e. The van der Waals surface area contributed by atoms with E-state index in [1.807, 2.05) is 66.7 Å². The highest BCUT2D eigenvalue weighted by molar-refractivity contribution is 7.18. The normalized spacial score (nSPS) is 10.9. The molecule has 0 fully saturated rings. The van der Waals surface area contributed by atoms with Gasteiger partial charge in [0.1, 0.15) is 9.88 Å². The number of anilines is 1. The predicted octanol–water partition coefficient (Wildman–Crippen LogP) is 5.08. The number of carboxylic acids is 2. The number of thiophene rings is 1. The Hall–Kier alpha value is -4.83. The van der Waals surface area contributed by atoms with Crippen molar-refractivity contribution in [3.63, 3.8) is 0 Å². The van der Waals surface area contributed by atoms with E-state index in [9.17, 15) is 24.6 Å². The summed E-state index contributed by atoms with van der Waals surface area (Å²) in [5, 5.41) is 25.8. The van der Waals surface area contributed by atoms with Crippen LogP contribution in [0, 0.1) is 6.92 Å². The molecular weight excluding hydrogens is 480 g/mol. The van der Waals surface area contributed by atoms with Crippen LogP contribution in [0.3, 0.4) is 0 Å². The van der Waals surface area contributed by atoms with E-state index in [0.29, 0.717) is 28.4 Å². The summed E-state index contributed by atoms with van der Waals surface area (Å²) in [5.74, 6) is -3.28. The second kappa shape index (κ2) is 9.08. The van der Waals surface area contributed by atoms with Gasteiger partial charge in [-0.2, -0.15) is 5.10 Å². The SMILES string of the molecule is Cc1c(C(=O)O)sc(NC(=O)c2cc3nc(-c4ccccc4)cc(-c4ccccc4)n3n2)c1C(=O)O. The Balaban J connectivity index is 1.60. The van der Waals surface area contributed by atoms with Crippen LogP contribution in [0.15, 0.2) is 72.8 Å². The molecule has 0 spiro atoms. The van der Waals surface area contributed by atoms with Crippen LogP contribution in [0.5, 0.6) is 0 Å². The van der Waals surface area contributed by atoms with Gasteiger partial charge in [-0.1, -0.05) is 60.7 Å². The number of nitrogens with one attached hydrogen (secondary N) is 1.